The maximum absolute atomic E-state index is 13.8. The largest absolute Gasteiger partial charge is 0.464 e. The van der Waals surface area contributed by atoms with Crippen LogP contribution in [0.2, 0.25) is 0 Å². The van der Waals surface area contributed by atoms with Gasteiger partial charge in [-0.3, -0.25) is 14.5 Å². The summed E-state index contributed by atoms with van der Waals surface area (Å²) in [6, 6.07) is 26.9. The van der Waals surface area contributed by atoms with Crippen LogP contribution in [0.25, 0.3) is 16.6 Å². The van der Waals surface area contributed by atoms with E-state index in [1.807, 2.05) is 24.0 Å². The number of benzene rings is 3. The Bertz CT molecular complexity index is 1940. The Labute approximate surface area is 289 Å². The number of H-pyrrole nitrogens is 1. The number of nitrogens with zero attached hydrogens (tertiary/aromatic N) is 5. The number of amides is 2. The van der Waals surface area contributed by atoms with Crippen molar-refractivity contribution >= 4 is 34.7 Å². The molecule has 13 heteroatoms. The molecule has 0 radical (unpaired) electrons. The molecule has 1 atom stereocenters. The summed E-state index contributed by atoms with van der Waals surface area (Å²) in [6.07, 6.45) is 1.21. The predicted octanol–water partition coefficient (Wildman–Crippen LogP) is 4.15. The third-order valence-electron chi connectivity index (χ3n) is 8.92. The molecule has 5 aromatic rings. The lowest BCUT2D eigenvalue weighted by Crippen LogP contribution is -2.55. The van der Waals surface area contributed by atoms with Gasteiger partial charge >= 0.3 is 11.9 Å². The first-order valence-corrected chi connectivity index (χ1v) is 16.5. The highest BCUT2D eigenvalue weighted by Crippen LogP contribution is 2.30. The van der Waals surface area contributed by atoms with E-state index >= 15 is 0 Å². The first-order valence-electron chi connectivity index (χ1n) is 16.5. The Morgan fingerprint density at radius 3 is 2.08 bits per heavy atom. The van der Waals surface area contributed by atoms with Gasteiger partial charge in [-0.05, 0) is 41.8 Å². The maximum atomic E-state index is 13.8. The molecule has 0 bridgehead atoms. The van der Waals surface area contributed by atoms with Crippen molar-refractivity contribution < 1.29 is 28.7 Å². The van der Waals surface area contributed by atoms with Gasteiger partial charge in [-0.25, -0.2) is 14.3 Å². The van der Waals surface area contributed by atoms with Crippen molar-refractivity contribution in [2.24, 2.45) is 0 Å². The number of ether oxygens (including phenoxy) is 2. The van der Waals surface area contributed by atoms with Crippen molar-refractivity contribution in [3.8, 4) is 5.69 Å². The lowest BCUT2D eigenvalue weighted by atomic mass is 9.96. The van der Waals surface area contributed by atoms with E-state index in [0.29, 0.717) is 55.6 Å². The predicted molar refractivity (Wildman–Crippen MR) is 185 cm³/mol. The molecular weight excluding hydrogens is 638 g/mol. The van der Waals surface area contributed by atoms with Crippen LogP contribution in [0.1, 0.15) is 68.4 Å². The third-order valence-corrected chi connectivity index (χ3v) is 8.92. The normalized spacial score (nSPS) is 14.0. The van der Waals surface area contributed by atoms with E-state index in [0.717, 1.165) is 0 Å². The van der Waals surface area contributed by atoms with Crippen LogP contribution in [-0.4, -0.2) is 100.0 Å². The minimum absolute atomic E-state index is 0.0785. The standard InChI is InChI=1S/C37H39N7O6/c1-4-11-29(35(46)43-20-18-42(19-21-43)32(24-12-7-5-8-13-24)25-14-9-6-10-15-25)39-34(45)30-23-26-22-27(16-17-28(26)38-30)44-33(37(48)50-3)31(40-41-44)36(47)49-2/h5-10,12-17,22-23,29,32,38H,4,11,18-21H2,1-3H3,(H,39,45)/t29-/m0/s1. The van der Waals surface area contributed by atoms with Gasteiger partial charge in [0.2, 0.25) is 11.6 Å². The molecule has 1 saturated heterocycles. The summed E-state index contributed by atoms with van der Waals surface area (Å²) < 4.78 is 10.8. The van der Waals surface area contributed by atoms with Crippen molar-refractivity contribution in [3.05, 3.63) is 113 Å². The average molecular weight is 678 g/mol. The maximum Gasteiger partial charge on any atom is 0.361 e. The van der Waals surface area contributed by atoms with Gasteiger partial charge in [0.1, 0.15) is 11.7 Å². The number of carbonyl (C=O) groups is 4. The van der Waals surface area contributed by atoms with Crippen molar-refractivity contribution in [2.75, 3.05) is 40.4 Å². The summed E-state index contributed by atoms with van der Waals surface area (Å²) in [5.41, 5.74) is 3.26. The first kappa shape index (κ1) is 34.1. The number of esters is 2. The molecule has 0 aliphatic carbocycles. The molecule has 1 aliphatic rings. The van der Waals surface area contributed by atoms with Crippen LogP contribution >= 0.6 is 0 Å². The number of fused-ring (bicyclic) bond motifs is 1. The fourth-order valence-electron chi connectivity index (χ4n) is 6.44. The molecular formula is C37H39N7O6. The minimum atomic E-state index is -0.833. The fraction of sp³-hybridized carbons (Fsp3) is 0.297. The van der Waals surface area contributed by atoms with E-state index in [9.17, 15) is 19.2 Å². The summed E-state index contributed by atoms with van der Waals surface area (Å²) in [5, 5.41) is 11.4. The highest BCUT2D eigenvalue weighted by molar-refractivity contribution is 6.02. The summed E-state index contributed by atoms with van der Waals surface area (Å²) in [7, 11) is 2.36. The molecule has 50 heavy (non-hydrogen) atoms. The molecule has 0 spiro atoms. The second kappa shape index (κ2) is 15.2. The zero-order chi connectivity index (χ0) is 35.2. The SMILES string of the molecule is CCC[C@H](NC(=O)c1cc2cc(-n3nnc(C(=O)OC)c3C(=O)OC)ccc2[nH]1)C(=O)N1CCN(C(c2ccccc2)c2ccccc2)CC1. The minimum Gasteiger partial charge on any atom is -0.464 e. The van der Waals surface area contributed by atoms with Crippen molar-refractivity contribution in [1.29, 1.82) is 0 Å². The average Bonchev–Trinajstić information content (AvgIpc) is 3.80. The lowest BCUT2D eigenvalue weighted by molar-refractivity contribution is -0.135. The molecule has 2 N–H and O–H groups in total. The monoisotopic (exact) mass is 677 g/mol. The zero-order valence-corrected chi connectivity index (χ0v) is 28.2. The van der Waals surface area contributed by atoms with Gasteiger partial charge in [-0.1, -0.05) is 79.2 Å². The fourth-order valence-corrected chi connectivity index (χ4v) is 6.44. The number of hydrogen-bond acceptors (Lipinski definition) is 9. The Balaban J connectivity index is 1.16. The van der Waals surface area contributed by atoms with E-state index in [4.69, 9.17) is 9.47 Å². The van der Waals surface area contributed by atoms with Gasteiger partial charge in [0.05, 0.1) is 25.9 Å². The number of methoxy groups -OCH3 is 2. The molecule has 258 valence electrons. The van der Waals surface area contributed by atoms with Crippen molar-refractivity contribution in [2.45, 2.75) is 31.8 Å². The number of carbonyl (C=O) groups excluding carboxylic acids is 4. The van der Waals surface area contributed by atoms with E-state index < -0.39 is 23.9 Å². The van der Waals surface area contributed by atoms with Gasteiger partial charge < -0.3 is 24.7 Å². The second-order valence-corrected chi connectivity index (χ2v) is 12.0. The van der Waals surface area contributed by atoms with Crippen molar-refractivity contribution in [3.63, 3.8) is 0 Å². The molecule has 2 amide bonds. The lowest BCUT2D eigenvalue weighted by Gasteiger charge is -2.40. The smallest absolute Gasteiger partial charge is 0.361 e. The van der Waals surface area contributed by atoms with Crippen LogP contribution in [0.5, 0.6) is 0 Å². The Morgan fingerprint density at radius 2 is 1.48 bits per heavy atom. The summed E-state index contributed by atoms with van der Waals surface area (Å²) in [4.78, 5) is 59.5. The molecule has 0 unspecified atom stereocenters. The molecule has 2 aromatic heterocycles. The topological polar surface area (TPSA) is 152 Å². The van der Waals surface area contributed by atoms with E-state index in [2.05, 4.69) is 74.0 Å². The number of aromatic amines is 1. The highest BCUT2D eigenvalue weighted by atomic mass is 16.5. The van der Waals surface area contributed by atoms with Crippen LogP contribution < -0.4 is 5.32 Å². The Kier molecular flexibility index (Phi) is 10.3. The van der Waals surface area contributed by atoms with Gasteiger partial charge in [0.25, 0.3) is 5.91 Å². The number of hydrogen-bond donors (Lipinski definition) is 2. The summed E-state index contributed by atoms with van der Waals surface area (Å²) in [5.74, 6) is -2.16. The van der Waals surface area contributed by atoms with Crippen LogP contribution in [0.15, 0.2) is 84.9 Å². The molecule has 3 aromatic carbocycles. The van der Waals surface area contributed by atoms with E-state index in [-0.39, 0.29) is 29.0 Å². The molecule has 13 nitrogen and oxygen atoms in total. The Hall–Kier alpha value is -5.82. The van der Waals surface area contributed by atoms with Crippen LogP contribution in [0.4, 0.5) is 0 Å². The van der Waals surface area contributed by atoms with Gasteiger partial charge in [0.15, 0.2) is 5.69 Å². The van der Waals surface area contributed by atoms with Crippen LogP contribution in [0, 0.1) is 0 Å². The van der Waals surface area contributed by atoms with Gasteiger partial charge in [-0.15, -0.1) is 5.10 Å². The van der Waals surface area contributed by atoms with Crippen LogP contribution in [0.3, 0.4) is 0 Å². The molecule has 1 fully saturated rings. The van der Waals surface area contributed by atoms with Gasteiger partial charge in [-0.2, -0.15) is 0 Å². The second-order valence-electron chi connectivity index (χ2n) is 12.0. The molecule has 0 saturated carbocycles. The van der Waals surface area contributed by atoms with Gasteiger partial charge in [0, 0.05) is 37.1 Å². The summed E-state index contributed by atoms with van der Waals surface area (Å²) >= 11 is 0. The Morgan fingerprint density at radius 1 is 0.840 bits per heavy atom. The summed E-state index contributed by atoms with van der Waals surface area (Å²) in [6.45, 7) is 4.48. The number of piperazine rings is 1. The number of nitrogens with one attached hydrogen (secondary N) is 2. The van der Waals surface area contributed by atoms with E-state index in [1.54, 1.807) is 24.3 Å². The highest BCUT2D eigenvalue weighted by Gasteiger charge is 2.32. The third kappa shape index (κ3) is 6.99. The quantitative estimate of drug-likeness (QED) is 0.197. The number of aromatic nitrogens is 4. The van der Waals surface area contributed by atoms with E-state index in [1.165, 1.54) is 30.0 Å². The number of rotatable bonds is 11. The molecule has 6 rings (SSSR count). The first-order chi connectivity index (χ1) is 24.3. The van der Waals surface area contributed by atoms with Crippen molar-refractivity contribution in [1.82, 2.24) is 35.1 Å². The molecule has 3 heterocycles. The zero-order valence-electron chi connectivity index (χ0n) is 28.2. The molecule has 1 aliphatic heterocycles. The van der Waals surface area contributed by atoms with Crippen LogP contribution in [-0.2, 0) is 14.3 Å².